The fourth-order valence-corrected chi connectivity index (χ4v) is 2.78. The molecule has 0 aromatic heterocycles. The minimum atomic E-state index is -0.988. The van der Waals surface area contributed by atoms with E-state index >= 15 is 0 Å². The Hall–Kier alpha value is -3.75. The highest BCUT2D eigenvalue weighted by atomic mass is 16.6. The molecule has 0 unspecified atom stereocenters. The first kappa shape index (κ1) is 25.5. The monoisotopic (exact) mass is 458 g/mol. The zero-order valence-electron chi connectivity index (χ0n) is 19.5. The Kier molecular flexibility index (Phi) is 9.08. The highest BCUT2D eigenvalue weighted by molar-refractivity contribution is 5.81. The molecule has 0 fully saturated rings. The van der Waals surface area contributed by atoms with E-state index in [0.717, 1.165) is 5.56 Å². The third kappa shape index (κ3) is 8.72. The third-order valence-corrected chi connectivity index (χ3v) is 4.27. The zero-order chi connectivity index (χ0) is 24.4. The van der Waals surface area contributed by atoms with Crippen LogP contribution in [0.25, 0.3) is 0 Å². The van der Waals surface area contributed by atoms with Crippen molar-refractivity contribution in [3.8, 4) is 11.5 Å². The predicted molar refractivity (Wildman–Crippen MR) is 121 cm³/mol. The van der Waals surface area contributed by atoms with E-state index in [-0.39, 0.29) is 18.8 Å². The topological polar surface area (TPSA) is 112 Å². The molecular formula is C24H30N2O7. The molecule has 2 aromatic carbocycles. The number of hydrogen-bond donors (Lipinski definition) is 2. The molecule has 2 amide bonds. The second-order valence-corrected chi connectivity index (χ2v) is 8.12. The third-order valence-electron chi connectivity index (χ3n) is 4.27. The van der Waals surface area contributed by atoms with Crippen LogP contribution in [-0.2, 0) is 27.3 Å². The maximum Gasteiger partial charge on any atom is 0.412 e. The van der Waals surface area contributed by atoms with E-state index in [1.807, 2.05) is 30.3 Å². The minimum Gasteiger partial charge on any atom is -0.485 e. The van der Waals surface area contributed by atoms with Crippen molar-refractivity contribution in [2.24, 2.45) is 0 Å². The van der Waals surface area contributed by atoms with Gasteiger partial charge in [0.15, 0.2) is 11.5 Å². The van der Waals surface area contributed by atoms with Crippen LogP contribution >= 0.6 is 0 Å². The van der Waals surface area contributed by atoms with Crippen LogP contribution in [0.1, 0.15) is 31.9 Å². The van der Waals surface area contributed by atoms with Gasteiger partial charge in [0.2, 0.25) is 0 Å². The van der Waals surface area contributed by atoms with Gasteiger partial charge >= 0.3 is 18.2 Å². The molecular weight excluding hydrogens is 428 g/mol. The lowest BCUT2D eigenvalue weighted by Crippen LogP contribution is -2.45. The number of ether oxygens (including phenoxy) is 4. The summed E-state index contributed by atoms with van der Waals surface area (Å²) in [4.78, 5) is 36.2. The maximum absolute atomic E-state index is 12.3. The number of alkyl carbamates (subject to hydrolysis) is 1. The van der Waals surface area contributed by atoms with Crippen molar-refractivity contribution in [2.45, 2.75) is 45.4 Å². The number of rotatable bonds is 8. The Morgan fingerprint density at radius 2 is 1.64 bits per heavy atom. The fourth-order valence-electron chi connectivity index (χ4n) is 2.78. The highest BCUT2D eigenvalue weighted by Crippen LogP contribution is 2.30. The summed E-state index contributed by atoms with van der Waals surface area (Å²) in [6.07, 6.45) is -1.28. The van der Waals surface area contributed by atoms with Gasteiger partial charge in [0, 0.05) is 13.5 Å². The van der Waals surface area contributed by atoms with Gasteiger partial charge in [-0.25, -0.2) is 14.4 Å². The largest absolute Gasteiger partial charge is 0.485 e. The molecule has 33 heavy (non-hydrogen) atoms. The normalized spacial score (nSPS) is 11.7. The van der Waals surface area contributed by atoms with Gasteiger partial charge in [-0.05, 0) is 44.0 Å². The summed E-state index contributed by atoms with van der Waals surface area (Å²) in [5.74, 6) is -0.108. The van der Waals surface area contributed by atoms with E-state index in [2.05, 4.69) is 10.6 Å². The Balaban J connectivity index is 2.24. The van der Waals surface area contributed by atoms with Gasteiger partial charge in [0.1, 0.15) is 18.2 Å². The highest BCUT2D eigenvalue weighted by Gasteiger charge is 2.26. The van der Waals surface area contributed by atoms with Crippen molar-refractivity contribution < 1.29 is 33.3 Å². The Morgan fingerprint density at radius 1 is 0.939 bits per heavy atom. The zero-order valence-corrected chi connectivity index (χ0v) is 19.5. The number of carbonyl (C=O) groups is 3. The number of esters is 1. The van der Waals surface area contributed by atoms with Crippen molar-refractivity contribution >= 4 is 18.2 Å². The van der Waals surface area contributed by atoms with Crippen LogP contribution in [-0.4, -0.2) is 44.0 Å². The average Bonchev–Trinajstić information content (AvgIpc) is 2.77. The summed E-state index contributed by atoms with van der Waals surface area (Å²) in [6, 6.07) is 13.4. The van der Waals surface area contributed by atoms with E-state index in [4.69, 9.17) is 18.9 Å². The quantitative estimate of drug-likeness (QED) is 0.581. The molecule has 1 atom stereocenters. The van der Waals surface area contributed by atoms with Crippen LogP contribution < -0.4 is 20.1 Å². The molecule has 0 saturated heterocycles. The lowest BCUT2D eigenvalue weighted by molar-refractivity contribution is -0.143. The SMILES string of the molecule is CNC(=O)Oc1ccc(C[C@H](NC(=O)OC(C)(C)C)C(=O)OC)cc1OCc1ccccc1. The van der Waals surface area contributed by atoms with Crippen LogP contribution in [0, 0.1) is 0 Å². The van der Waals surface area contributed by atoms with Crippen molar-refractivity contribution in [2.75, 3.05) is 14.2 Å². The van der Waals surface area contributed by atoms with Gasteiger partial charge in [-0.15, -0.1) is 0 Å². The van der Waals surface area contributed by atoms with Crippen molar-refractivity contribution in [1.29, 1.82) is 0 Å². The summed E-state index contributed by atoms with van der Waals surface area (Å²) in [5, 5.41) is 4.92. The molecule has 0 radical (unpaired) electrons. The number of benzene rings is 2. The second-order valence-electron chi connectivity index (χ2n) is 8.12. The lowest BCUT2D eigenvalue weighted by atomic mass is 10.1. The number of hydrogen-bond acceptors (Lipinski definition) is 7. The van der Waals surface area contributed by atoms with E-state index in [1.54, 1.807) is 39.0 Å². The Labute approximate surface area is 193 Å². The molecule has 0 saturated carbocycles. The molecule has 0 heterocycles. The first-order valence-electron chi connectivity index (χ1n) is 10.4. The van der Waals surface area contributed by atoms with Gasteiger partial charge in [0.25, 0.3) is 0 Å². The number of nitrogens with one attached hydrogen (secondary N) is 2. The number of carbonyl (C=O) groups excluding carboxylic acids is 3. The summed E-state index contributed by atoms with van der Waals surface area (Å²) in [7, 11) is 2.69. The molecule has 9 heteroatoms. The molecule has 0 aliphatic heterocycles. The van der Waals surface area contributed by atoms with Gasteiger partial charge in [-0.2, -0.15) is 0 Å². The molecule has 0 aliphatic carbocycles. The molecule has 2 rings (SSSR count). The minimum absolute atomic E-state index is 0.105. The number of amides is 2. The van der Waals surface area contributed by atoms with Crippen LogP contribution in [0.3, 0.4) is 0 Å². The molecule has 0 spiro atoms. The van der Waals surface area contributed by atoms with E-state index in [9.17, 15) is 14.4 Å². The summed E-state index contributed by atoms with van der Waals surface area (Å²) >= 11 is 0. The van der Waals surface area contributed by atoms with E-state index in [1.165, 1.54) is 14.2 Å². The number of methoxy groups -OCH3 is 1. The van der Waals surface area contributed by atoms with Gasteiger partial charge in [-0.3, -0.25) is 0 Å². The summed E-state index contributed by atoms with van der Waals surface area (Å²) < 4.78 is 21.2. The van der Waals surface area contributed by atoms with Gasteiger partial charge < -0.3 is 29.6 Å². The maximum atomic E-state index is 12.3. The summed E-state index contributed by atoms with van der Waals surface area (Å²) in [6.45, 7) is 5.41. The molecule has 178 valence electrons. The van der Waals surface area contributed by atoms with Gasteiger partial charge in [-0.1, -0.05) is 36.4 Å². The van der Waals surface area contributed by atoms with Crippen LogP contribution in [0.15, 0.2) is 48.5 Å². The van der Waals surface area contributed by atoms with Gasteiger partial charge in [0.05, 0.1) is 7.11 Å². The molecule has 2 aromatic rings. The lowest BCUT2D eigenvalue weighted by Gasteiger charge is -2.23. The van der Waals surface area contributed by atoms with E-state index in [0.29, 0.717) is 11.3 Å². The predicted octanol–water partition coefficient (Wildman–Crippen LogP) is 3.59. The fraction of sp³-hybridized carbons (Fsp3) is 0.375. The molecule has 0 aliphatic rings. The van der Waals surface area contributed by atoms with E-state index < -0.39 is 29.8 Å². The van der Waals surface area contributed by atoms with Crippen molar-refractivity contribution in [1.82, 2.24) is 10.6 Å². The average molecular weight is 459 g/mol. The summed E-state index contributed by atoms with van der Waals surface area (Å²) in [5.41, 5.74) is 0.851. The second kappa shape index (κ2) is 11.8. The Bertz CT molecular complexity index is 955. The van der Waals surface area contributed by atoms with Crippen molar-refractivity contribution in [3.63, 3.8) is 0 Å². The molecule has 2 N–H and O–H groups in total. The standard InChI is InChI=1S/C24H30N2O7/c1-24(2,3)33-23(29)26-18(21(27)30-5)13-17-11-12-19(32-22(28)25-4)20(14-17)31-15-16-9-7-6-8-10-16/h6-12,14,18H,13,15H2,1-5H3,(H,25,28)(H,26,29)/t18-/m0/s1. The van der Waals surface area contributed by atoms with Crippen LogP contribution in [0.5, 0.6) is 11.5 Å². The first-order chi connectivity index (χ1) is 15.6. The smallest absolute Gasteiger partial charge is 0.412 e. The Morgan fingerprint density at radius 3 is 2.24 bits per heavy atom. The van der Waals surface area contributed by atoms with Crippen LogP contribution in [0.2, 0.25) is 0 Å². The van der Waals surface area contributed by atoms with Crippen LogP contribution in [0.4, 0.5) is 9.59 Å². The first-order valence-corrected chi connectivity index (χ1v) is 10.4. The molecule has 0 bridgehead atoms. The van der Waals surface area contributed by atoms with Crippen molar-refractivity contribution in [3.05, 3.63) is 59.7 Å². The molecule has 9 nitrogen and oxygen atoms in total.